The highest BCUT2D eigenvalue weighted by Gasteiger charge is 2.87. The van der Waals surface area contributed by atoms with Gasteiger partial charge in [0.15, 0.2) is 0 Å². The topological polar surface area (TPSA) is 40.5 Å². The summed E-state index contributed by atoms with van der Waals surface area (Å²) in [6.45, 7) is 27.4. The van der Waals surface area contributed by atoms with Crippen molar-refractivity contribution in [2.45, 2.75) is 119 Å². The maximum atomic E-state index is 11.2. The van der Waals surface area contributed by atoms with Gasteiger partial charge in [0.25, 0.3) is 0 Å². The molecule has 0 aromatic heterocycles. The molecule has 0 bridgehead atoms. The Labute approximate surface area is 215 Å². The standard InChI is InChI=1S/C33H52O2/c1-21(2)23-10-13-32(20-34)18-16-27(5)26(4,25(23)32)14-15-29(7)28(27,6)17-19-33-22(3)31(33,9)24(35)11-12-30(29,33)8/h23-25,34-35H,1,3,10-20H2,2,4-9H3/t23-,24?,25+,26?,27+,28?,29-,30+,31-,32+,33-/m0/s1. The van der Waals surface area contributed by atoms with Crippen LogP contribution in [0.4, 0.5) is 0 Å². The van der Waals surface area contributed by atoms with E-state index in [1.807, 2.05) is 0 Å². The quantitative estimate of drug-likeness (QED) is 0.398. The Kier molecular flexibility index (Phi) is 4.60. The van der Waals surface area contributed by atoms with Crippen molar-refractivity contribution in [1.82, 2.24) is 0 Å². The molecule has 0 heterocycles. The largest absolute Gasteiger partial charge is 0.396 e. The van der Waals surface area contributed by atoms with Crippen LogP contribution in [-0.4, -0.2) is 22.9 Å². The van der Waals surface area contributed by atoms with Crippen LogP contribution >= 0.6 is 0 Å². The molecule has 35 heavy (non-hydrogen) atoms. The lowest BCUT2D eigenvalue weighted by molar-refractivity contribution is -0.311. The fourth-order valence-corrected chi connectivity index (χ4v) is 13.6. The normalized spacial score (nSPS) is 62.8. The second-order valence-electron chi connectivity index (χ2n) is 15.9. The lowest BCUT2D eigenvalue weighted by Crippen LogP contribution is -2.73. The van der Waals surface area contributed by atoms with Crippen LogP contribution in [0, 0.1) is 55.2 Å². The predicted molar refractivity (Wildman–Crippen MR) is 144 cm³/mol. The third-order valence-corrected chi connectivity index (χ3v) is 16.3. The minimum Gasteiger partial charge on any atom is -0.396 e. The molecule has 3 unspecified atom stereocenters. The zero-order chi connectivity index (χ0) is 25.7. The maximum Gasteiger partial charge on any atom is 0.0639 e. The first-order valence-corrected chi connectivity index (χ1v) is 14.8. The number of aliphatic hydroxyl groups is 2. The molecule has 6 aliphatic carbocycles. The Morgan fingerprint density at radius 3 is 2.03 bits per heavy atom. The summed E-state index contributed by atoms with van der Waals surface area (Å²) in [4.78, 5) is 0. The molecule has 1 spiro atoms. The van der Waals surface area contributed by atoms with Gasteiger partial charge >= 0.3 is 0 Å². The molecular formula is C33H52O2. The second-order valence-corrected chi connectivity index (χ2v) is 15.9. The van der Waals surface area contributed by atoms with Gasteiger partial charge in [-0.1, -0.05) is 65.8 Å². The zero-order valence-electron chi connectivity index (χ0n) is 23.8. The number of hydrogen-bond donors (Lipinski definition) is 2. The summed E-state index contributed by atoms with van der Waals surface area (Å²) in [6.07, 6.45) is 11.5. The van der Waals surface area contributed by atoms with Gasteiger partial charge in [0.05, 0.1) is 6.10 Å². The molecule has 6 aliphatic rings. The van der Waals surface area contributed by atoms with Crippen molar-refractivity contribution in [3.05, 3.63) is 24.3 Å². The molecule has 0 radical (unpaired) electrons. The van der Waals surface area contributed by atoms with E-state index < -0.39 is 0 Å². The Morgan fingerprint density at radius 1 is 0.800 bits per heavy atom. The second kappa shape index (κ2) is 6.51. The molecule has 6 saturated carbocycles. The summed E-state index contributed by atoms with van der Waals surface area (Å²) in [5, 5.41) is 22.0. The first-order chi connectivity index (χ1) is 16.1. The highest BCUT2D eigenvalue weighted by molar-refractivity contribution is 5.52. The Bertz CT molecular complexity index is 1010. The van der Waals surface area contributed by atoms with E-state index >= 15 is 0 Å². The van der Waals surface area contributed by atoms with Crippen LogP contribution in [0.2, 0.25) is 0 Å². The Balaban J connectivity index is 1.51. The fourth-order valence-electron chi connectivity index (χ4n) is 13.6. The van der Waals surface area contributed by atoms with Crippen molar-refractivity contribution in [3.63, 3.8) is 0 Å². The first kappa shape index (κ1) is 24.7. The number of rotatable bonds is 2. The molecule has 0 aromatic carbocycles. The summed E-state index contributed by atoms with van der Waals surface area (Å²) in [5.41, 5.74) is 3.84. The van der Waals surface area contributed by atoms with Gasteiger partial charge in [-0.05, 0) is 115 Å². The fraction of sp³-hybridized carbons (Fsp3) is 0.879. The molecule has 2 N–H and O–H groups in total. The van der Waals surface area contributed by atoms with E-state index in [9.17, 15) is 10.2 Å². The summed E-state index contributed by atoms with van der Waals surface area (Å²) < 4.78 is 0. The highest BCUT2D eigenvalue weighted by atomic mass is 16.3. The molecule has 11 atom stereocenters. The number of allylic oxidation sites excluding steroid dienone is 1. The molecule has 0 aliphatic heterocycles. The summed E-state index contributed by atoms with van der Waals surface area (Å²) in [6, 6.07) is 0. The monoisotopic (exact) mass is 480 g/mol. The third kappa shape index (κ3) is 2.09. The SMILES string of the molecule is C=C(C)[C@@H]1CC[C@]2(CO)CC[C@]3(C)C(C)(CC[C@@]4(C)C3(C)CC[C@@]35C(=C)[C@@]3(C)C(O)CC[C@@]54C)[C@@H]12. The van der Waals surface area contributed by atoms with Gasteiger partial charge in [0.1, 0.15) is 0 Å². The van der Waals surface area contributed by atoms with Crippen LogP contribution in [0.25, 0.3) is 0 Å². The molecule has 2 nitrogen and oxygen atoms in total. The van der Waals surface area contributed by atoms with Crippen LogP contribution in [0.5, 0.6) is 0 Å². The average molecular weight is 481 g/mol. The van der Waals surface area contributed by atoms with Gasteiger partial charge in [-0.2, -0.15) is 0 Å². The van der Waals surface area contributed by atoms with E-state index in [1.54, 1.807) is 0 Å². The van der Waals surface area contributed by atoms with E-state index in [-0.39, 0.29) is 49.4 Å². The van der Waals surface area contributed by atoms with E-state index in [2.05, 4.69) is 61.6 Å². The van der Waals surface area contributed by atoms with E-state index in [0.29, 0.717) is 18.4 Å². The van der Waals surface area contributed by atoms with Gasteiger partial charge < -0.3 is 10.2 Å². The van der Waals surface area contributed by atoms with E-state index in [1.165, 1.54) is 62.5 Å². The maximum absolute atomic E-state index is 11.2. The van der Waals surface area contributed by atoms with Gasteiger partial charge in [-0.25, -0.2) is 0 Å². The van der Waals surface area contributed by atoms with Gasteiger partial charge in [-0.15, -0.1) is 0 Å². The van der Waals surface area contributed by atoms with Crippen LogP contribution in [0.1, 0.15) is 113 Å². The lowest BCUT2D eigenvalue weighted by atomic mass is 9.25. The van der Waals surface area contributed by atoms with E-state index in [4.69, 9.17) is 0 Å². The summed E-state index contributed by atoms with van der Waals surface area (Å²) >= 11 is 0. The molecule has 0 amide bonds. The average Bonchev–Trinajstić information content (AvgIpc) is 3.12. The first-order valence-electron chi connectivity index (χ1n) is 14.8. The van der Waals surface area contributed by atoms with Crippen LogP contribution < -0.4 is 0 Å². The lowest BCUT2D eigenvalue weighted by Gasteiger charge is -2.79. The van der Waals surface area contributed by atoms with Crippen LogP contribution in [-0.2, 0) is 0 Å². The third-order valence-electron chi connectivity index (χ3n) is 16.3. The van der Waals surface area contributed by atoms with E-state index in [0.717, 1.165) is 12.8 Å². The van der Waals surface area contributed by atoms with Crippen molar-refractivity contribution in [2.75, 3.05) is 6.61 Å². The smallest absolute Gasteiger partial charge is 0.0639 e. The minimum absolute atomic E-state index is 0.0834. The van der Waals surface area contributed by atoms with Crippen molar-refractivity contribution >= 4 is 0 Å². The predicted octanol–water partition coefficient (Wildman–Crippen LogP) is 7.70. The number of fused-ring (bicyclic) bond motifs is 6. The molecule has 196 valence electrons. The zero-order valence-corrected chi connectivity index (χ0v) is 23.8. The molecule has 2 heteroatoms. The van der Waals surface area contributed by atoms with Crippen molar-refractivity contribution in [3.8, 4) is 0 Å². The molecule has 0 aromatic rings. The minimum atomic E-state index is -0.227. The van der Waals surface area contributed by atoms with Crippen molar-refractivity contribution in [1.29, 1.82) is 0 Å². The highest BCUT2D eigenvalue weighted by Crippen LogP contribution is 2.93. The van der Waals surface area contributed by atoms with Crippen LogP contribution in [0.15, 0.2) is 24.3 Å². The van der Waals surface area contributed by atoms with Crippen LogP contribution in [0.3, 0.4) is 0 Å². The summed E-state index contributed by atoms with van der Waals surface area (Å²) in [7, 11) is 0. The summed E-state index contributed by atoms with van der Waals surface area (Å²) in [5.74, 6) is 1.08. The molecule has 6 fully saturated rings. The van der Waals surface area contributed by atoms with Gasteiger partial charge in [0.2, 0.25) is 0 Å². The van der Waals surface area contributed by atoms with Crippen molar-refractivity contribution in [2.24, 2.45) is 55.2 Å². The van der Waals surface area contributed by atoms with Gasteiger partial charge in [-0.3, -0.25) is 0 Å². The van der Waals surface area contributed by atoms with Crippen molar-refractivity contribution < 1.29 is 10.2 Å². The Hall–Kier alpha value is -0.600. The number of aliphatic hydroxyl groups excluding tert-OH is 2. The molecular weight excluding hydrogens is 428 g/mol. The Morgan fingerprint density at radius 2 is 1.40 bits per heavy atom. The number of hydrogen-bond acceptors (Lipinski definition) is 2. The molecule has 6 rings (SSSR count). The van der Waals surface area contributed by atoms with Gasteiger partial charge in [0, 0.05) is 17.4 Å². The molecule has 0 saturated heterocycles.